The molecular formula is C10H8Br. The molecule has 0 aliphatic heterocycles. The van der Waals surface area contributed by atoms with Gasteiger partial charge < -0.3 is 0 Å². The van der Waals surface area contributed by atoms with Crippen LogP contribution in [0.3, 0.4) is 0 Å². The first-order valence-electron chi connectivity index (χ1n) is 3.65. The minimum Gasteiger partial charge on any atom is -0.0835 e. The topological polar surface area (TPSA) is 0 Å². The summed E-state index contributed by atoms with van der Waals surface area (Å²) in [6.45, 7) is 0. The van der Waals surface area contributed by atoms with E-state index in [1.807, 2.05) is 0 Å². The molecule has 0 saturated carbocycles. The molecule has 0 nitrogen and oxygen atoms in total. The summed E-state index contributed by atoms with van der Waals surface area (Å²) in [7, 11) is 0. The third kappa shape index (κ3) is 1.25. The highest BCUT2D eigenvalue weighted by atomic mass is 79.9. The van der Waals surface area contributed by atoms with Gasteiger partial charge in [-0.25, -0.2) is 0 Å². The van der Waals surface area contributed by atoms with Crippen molar-refractivity contribution in [1.82, 2.24) is 0 Å². The minimum atomic E-state index is 1.06. The van der Waals surface area contributed by atoms with Crippen LogP contribution >= 0.6 is 15.9 Å². The van der Waals surface area contributed by atoms with Gasteiger partial charge in [-0.2, -0.15) is 0 Å². The van der Waals surface area contributed by atoms with Gasteiger partial charge in [-0.1, -0.05) is 40.2 Å². The van der Waals surface area contributed by atoms with E-state index < -0.39 is 0 Å². The van der Waals surface area contributed by atoms with Gasteiger partial charge in [0.15, 0.2) is 0 Å². The Morgan fingerprint density at radius 1 is 1.27 bits per heavy atom. The standard InChI is InChI=1S/C10H8Br/c11-10-7-3-5-8-4-1-2-6-9(8)10/h1-3,5-7H,4H2. The molecule has 0 aromatic heterocycles. The van der Waals surface area contributed by atoms with Crippen LogP contribution in [-0.2, 0) is 6.42 Å². The van der Waals surface area contributed by atoms with E-state index in [9.17, 15) is 0 Å². The van der Waals surface area contributed by atoms with E-state index in [4.69, 9.17) is 0 Å². The van der Waals surface area contributed by atoms with Gasteiger partial charge in [0.1, 0.15) is 0 Å². The van der Waals surface area contributed by atoms with Crippen LogP contribution in [0.2, 0.25) is 0 Å². The molecule has 0 unspecified atom stereocenters. The van der Waals surface area contributed by atoms with Gasteiger partial charge in [0.25, 0.3) is 0 Å². The zero-order chi connectivity index (χ0) is 7.68. The Balaban J connectivity index is 2.54. The Kier molecular flexibility index (Phi) is 1.82. The van der Waals surface area contributed by atoms with Crippen molar-refractivity contribution in [3.8, 4) is 0 Å². The van der Waals surface area contributed by atoms with Gasteiger partial charge in [-0.05, 0) is 23.6 Å². The molecule has 11 heavy (non-hydrogen) atoms. The fraction of sp³-hybridized carbons (Fsp3) is 0.100. The van der Waals surface area contributed by atoms with Crippen molar-refractivity contribution in [2.24, 2.45) is 0 Å². The highest BCUT2D eigenvalue weighted by molar-refractivity contribution is 9.10. The molecule has 1 aromatic rings. The molecule has 2 rings (SSSR count). The molecule has 0 saturated heterocycles. The maximum atomic E-state index is 3.52. The molecule has 55 valence electrons. The van der Waals surface area contributed by atoms with Gasteiger partial charge in [-0.15, -0.1) is 0 Å². The summed E-state index contributed by atoms with van der Waals surface area (Å²) in [5.41, 5.74) is 2.73. The Morgan fingerprint density at radius 3 is 3.00 bits per heavy atom. The summed E-state index contributed by atoms with van der Waals surface area (Å²) in [4.78, 5) is 0. The van der Waals surface area contributed by atoms with Crippen molar-refractivity contribution in [2.45, 2.75) is 6.42 Å². The Labute approximate surface area is 75.1 Å². The van der Waals surface area contributed by atoms with Gasteiger partial charge >= 0.3 is 0 Å². The van der Waals surface area contributed by atoms with Crippen molar-refractivity contribution in [3.63, 3.8) is 0 Å². The number of fused-ring (bicyclic) bond motifs is 1. The first-order valence-corrected chi connectivity index (χ1v) is 4.44. The zero-order valence-electron chi connectivity index (χ0n) is 6.05. The highest BCUT2D eigenvalue weighted by Gasteiger charge is 2.06. The Hall–Kier alpha value is -0.560. The predicted molar refractivity (Wildman–Crippen MR) is 50.4 cm³/mol. The van der Waals surface area contributed by atoms with Crippen LogP contribution in [0.5, 0.6) is 0 Å². The summed E-state index contributed by atoms with van der Waals surface area (Å²) in [5.74, 6) is 0. The van der Waals surface area contributed by atoms with Crippen LogP contribution < -0.4 is 0 Å². The fourth-order valence-electron chi connectivity index (χ4n) is 1.31. The molecule has 0 amide bonds. The molecule has 0 bridgehead atoms. The van der Waals surface area contributed by atoms with Crippen LogP contribution in [0, 0.1) is 6.42 Å². The van der Waals surface area contributed by atoms with Crippen molar-refractivity contribution in [1.29, 1.82) is 0 Å². The molecule has 1 radical (unpaired) electrons. The van der Waals surface area contributed by atoms with E-state index in [2.05, 4.69) is 52.7 Å². The number of hydrogen-bond acceptors (Lipinski definition) is 0. The van der Waals surface area contributed by atoms with Crippen LogP contribution in [0.4, 0.5) is 0 Å². The lowest BCUT2D eigenvalue weighted by Gasteiger charge is -2.11. The van der Waals surface area contributed by atoms with E-state index in [0.29, 0.717) is 0 Å². The van der Waals surface area contributed by atoms with Gasteiger partial charge in [0.05, 0.1) is 0 Å². The Bertz CT molecular complexity index is 300. The maximum Gasteiger partial charge on any atom is 0.0216 e. The first kappa shape index (κ1) is 7.11. The first-order chi connectivity index (χ1) is 5.38. The van der Waals surface area contributed by atoms with Gasteiger partial charge in [0, 0.05) is 10.9 Å². The summed E-state index contributed by atoms with van der Waals surface area (Å²) >= 11 is 3.52. The van der Waals surface area contributed by atoms with E-state index in [1.165, 1.54) is 15.6 Å². The lowest BCUT2D eigenvalue weighted by Crippen LogP contribution is -1.95. The molecule has 1 aliphatic carbocycles. The largest absolute Gasteiger partial charge is 0.0835 e. The van der Waals surface area contributed by atoms with Gasteiger partial charge in [0.2, 0.25) is 0 Å². The fourth-order valence-corrected chi connectivity index (χ4v) is 1.85. The summed E-state index contributed by atoms with van der Waals surface area (Å²) in [6, 6.07) is 6.32. The van der Waals surface area contributed by atoms with E-state index >= 15 is 0 Å². The number of halogens is 1. The Morgan fingerprint density at radius 2 is 2.18 bits per heavy atom. The third-order valence-electron chi connectivity index (χ3n) is 1.88. The molecule has 0 atom stereocenters. The van der Waals surface area contributed by atoms with Crippen molar-refractivity contribution < 1.29 is 0 Å². The zero-order valence-corrected chi connectivity index (χ0v) is 7.64. The molecule has 0 fully saturated rings. The minimum absolute atomic E-state index is 1.06. The second-order valence-electron chi connectivity index (χ2n) is 2.61. The van der Waals surface area contributed by atoms with Crippen molar-refractivity contribution in [3.05, 3.63) is 52.4 Å². The average molecular weight is 208 g/mol. The average Bonchev–Trinajstić information content (AvgIpc) is 2.06. The smallest absolute Gasteiger partial charge is 0.0216 e. The van der Waals surface area contributed by atoms with Crippen molar-refractivity contribution >= 4 is 15.9 Å². The number of benzene rings is 1. The highest BCUT2D eigenvalue weighted by Crippen LogP contribution is 2.25. The quantitative estimate of drug-likeness (QED) is 0.614. The number of allylic oxidation sites excluding steroid dienone is 2. The second kappa shape index (κ2) is 2.82. The molecule has 0 heterocycles. The number of hydrogen-bond donors (Lipinski definition) is 0. The molecule has 1 heteroatoms. The van der Waals surface area contributed by atoms with E-state index in [1.54, 1.807) is 0 Å². The van der Waals surface area contributed by atoms with Crippen LogP contribution in [0.1, 0.15) is 11.1 Å². The van der Waals surface area contributed by atoms with E-state index in [-0.39, 0.29) is 0 Å². The van der Waals surface area contributed by atoms with Gasteiger partial charge in [-0.3, -0.25) is 0 Å². The predicted octanol–water partition coefficient (Wildman–Crippen LogP) is 3.11. The monoisotopic (exact) mass is 207 g/mol. The normalized spacial score (nSPS) is 14.6. The molecular weight excluding hydrogens is 200 g/mol. The summed E-state index contributed by atoms with van der Waals surface area (Å²) in [6.07, 6.45) is 7.48. The maximum absolute atomic E-state index is 3.52. The molecule has 1 aliphatic rings. The van der Waals surface area contributed by atoms with Crippen LogP contribution in [-0.4, -0.2) is 0 Å². The summed E-state index contributed by atoms with van der Waals surface area (Å²) < 4.78 is 1.19. The van der Waals surface area contributed by atoms with Crippen LogP contribution in [0.25, 0.3) is 0 Å². The lowest BCUT2D eigenvalue weighted by atomic mass is 9.97. The second-order valence-corrected chi connectivity index (χ2v) is 3.47. The third-order valence-corrected chi connectivity index (χ3v) is 2.57. The van der Waals surface area contributed by atoms with E-state index in [0.717, 1.165) is 6.42 Å². The molecule has 0 spiro atoms. The number of rotatable bonds is 0. The lowest BCUT2D eigenvalue weighted by molar-refractivity contribution is 1.18. The van der Waals surface area contributed by atoms with Crippen molar-refractivity contribution in [2.75, 3.05) is 0 Å². The summed E-state index contributed by atoms with van der Waals surface area (Å²) in [5, 5.41) is 0. The molecule has 1 aromatic carbocycles. The molecule has 0 N–H and O–H groups in total. The SMILES string of the molecule is Brc1cccc2c1[CH]C=CC2. The van der Waals surface area contributed by atoms with Crippen LogP contribution in [0.15, 0.2) is 34.8 Å².